The first kappa shape index (κ1) is 8.20. The lowest BCUT2D eigenvalue weighted by atomic mass is 10.1. The van der Waals surface area contributed by atoms with E-state index in [4.69, 9.17) is 4.74 Å². The van der Waals surface area contributed by atoms with Crippen molar-refractivity contribution < 1.29 is 9.53 Å². The van der Waals surface area contributed by atoms with Crippen LogP contribution in [-0.4, -0.2) is 42.5 Å². The summed E-state index contributed by atoms with van der Waals surface area (Å²) in [6, 6.07) is 0. The SMILES string of the molecule is CC1(CN2CCC(=O)CC2)CO1. The molecule has 2 aliphatic rings. The average molecular weight is 169 g/mol. The molecule has 0 N–H and O–H groups in total. The number of likely N-dealkylation sites (tertiary alicyclic amines) is 1. The van der Waals surface area contributed by atoms with Crippen molar-refractivity contribution >= 4 is 5.78 Å². The average Bonchev–Trinajstić information content (AvgIpc) is 2.74. The van der Waals surface area contributed by atoms with Crippen LogP contribution in [0.3, 0.4) is 0 Å². The van der Waals surface area contributed by atoms with Crippen molar-refractivity contribution in [1.82, 2.24) is 4.90 Å². The number of hydrogen-bond acceptors (Lipinski definition) is 3. The Morgan fingerprint density at radius 3 is 2.58 bits per heavy atom. The molecule has 0 aromatic carbocycles. The number of hydrogen-bond donors (Lipinski definition) is 0. The molecular formula is C9H15NO2. The molecule has 0 aromatic rings. The van der Waals surface area contributed by atoms with Crippen LogP contribution in [0.15, 0.2) is 0 Å². The first-order valence-corrected chi connectivity index (χ1v) is 4.56. The van der Waals surface area contributed by atoms with E-state index in [9.17, 15) is 4.79 Å². The van der Waals surface area contributed by atoms with E-state index in [0.717, 1.165) is 39.1 Å². The van der Waals surface area contributed by atoms with Crippen molar-refractivity contribution in [2.45, 2.75) is 25.4 Å². The van der Waals surface area contributed by atoms with Crippen LogP contribution in [-0.2, 0) is 9.53 Å². The Hall–Kier alpha value is -0.410. The maximum absolute atomic E-state index is 10.9. The summed E-state index contributed by atoms with van der Waals surface area (Å²) in [5.74, 6) is 0.410. The molecule has 3 nitrogen and oxygen atoms in total. The third kappa shape index (κ3) is 1.84. The number of carbonyl (C=O) groups is 1. The van der Waals surface area contributed by atoms with Crippen molar-refractivity contribution in [2.24, 2.45) is 0 Å². The molecule has 0 amide bonds. The molecular weight excluding hydrogens is 154 g/mol. The maximum atomic E-state index is 10.9. The number of carbonyl (C=O) groups excluding carboxylic acids is 1. The summed E-state index contributed by atoms with van der Waals surface area (Å²) < 4.78 is 5.30. The fraction of sp³-hybridized carbons (Fsp3) is 0.889. The van der Waals surface area contributed by atoms with Crippen LogP contribution in [0.25, 0.3) is 0 Å². The highest BCUT2D eigenvalue weighted by Gasteiger charge is 2.41. The third-order valence-electron chi connectivity index (χ3n) is 2.61. The summed E-state index contributed by atoms with van der Waals surface area (Å²) in [6.07, 6.45) is 1.46. The van der Waals surface area contributed by atoms with Gasteiger partial charge in [-0.3, -0.25) is 9.69 Å². The fourth-order valence-corrected chi connectivity index (χ4v) is 1.65. The van der Waals surface area contributed by atoms with Crippen molar-refractivity contribution in [3.05, 3.63) is 0 Å². The van der Waals surface area contributed by atoms with Crippen molar-refractivity contribution in [1.29, 1.82) is 0 Å². The summed E-state index contributed by atoms with van der Waals surface area (Å²) in [4.78, 5) is 13.3. The van der Waals surface area contributed by atoms with Crippen LogP contribution >= 0.6 is 0 Å². The van der Waals surface area contributed by atoms with Gasteiger partial charge in [-0.25, -0.2) is 0 Å². The number of ether oxygens (including phenoxy) is 1. The summed E-state index contributed by atoms with van der Waals surface area (Å²) in [6.45, 7) is 5.87. The smallest absolute Gasteiger partial charge is 0.135 e. The molecule has 1 atom stereocenters. The molecule has 0 aliphatic carbocycles. The Labute approximate surface area is 72.7 Å². The number of rotatable bonds is 2. The summed E-state index contributed by atoms with van der Waals surface area (Å²) in [7, 11) is 0. The largest absolute Gasteiger partial charge is 0.369 e. The van der Waals surface area contributed by atoms with Crippen LogP contribution < -0.4 is 0 Å². The second-order valence-electron chi connectivity index (χ2n) is 4.05. The molecule has 68 valence electrons. The number of ketones is 1. The van der Waals surface area contributed by atoms with E-state index in [0.29, 0.717) is 5.78 Å². The highest BCUT2D eigenvalue weighted by molar-refractivity contribution is 5.79. The number of epoxide rings is 1. The van der Waals surface area contributed by atoms with Crippen LogP contribution in [0.5, 0.6) is 0 Å². The number of nitrogens with zero attached hydrogens (tertiary/aromatic N) is 1. The van der Waals surface area contributed by atoms with Gasteiger partial charge in [0.05, 0.1) is 6.61 Å². The zero-order chi connectivity index (χ0) is 8.60. The molecule has 3 heteroatoms. The zero-order valence-electron chi connectivity index (χ0n) is 7.51. The van der Waals surface area contributed by atoms with Gasteiger partial charge in [0.1, 0.15) is 11.4 Å². The molecule has 0 aromatic heterocycles. The van der Waals surface area contributed by atoms with Gasteiger partial charge in [0.25, 0.3) is 0 Å². The van der Waals surface area contributed by atoms with E-state index in [-0.39, 0.29) is 5.60 Å². The Morgan fingerprint density at radius 1 is 1.50 bits per heavy atom. The Bertz CT molecular complexity index is 189. The van der Waals surface area contributed by atoms with Crippen LogP contribution in [0.4, 0.5) is 0 Å². The molecule has 2 saturated heterocycles. The molecule has 2 fully saturated rings. The van der Waals surface area contributed by atoms with Gasteiger partial charge in [0.2, 0.25) is 0 Å². The Balaban J connectivity index is 1.78. The van der Waals surface area contributed by atoms with Gasteiger partial charge in [-0.1, -0.05) is 0 Å². The first-order chi connectivity index (χ1) is 5.68. The Morgan fingerprint density at radius 2 is 2.08 bits per heavy atom. The molecule has 0 spiro atoms. The van der Waals surface area contributed by atoms with Gasteiger partial charge in [0, 0.05) is 32.5 Å². The van der Waals surface area contributed by atoms with Crippen LogP contribution in [0, 0.1) is 0 Å². The second-order valence-corrected chi connectivity index (χ2v) is 4.05. The van der Waals surface area contributed by atoms with Crippen LogP contribution in [0.1, 0.15) is 19.8 Å². The molecule has 2 rings (SSSR count). The van der Waals surface area contributed by atoms with E-state index < -0.39 is 0 Å². The van der Waals surface area contributed by atoms with E-state index in [2.05, 4.69) is 11.8 Å². The molecule has 0 bridgehead atoms. The van der Waals surface area contributed by atoms with Gasteiger partial charge >= 0.3 is 0 Å². The van der Waals surface area contributed by atoms with Gasteiger partial charge in [-0.15, -0.1) is 0 Å². The third-order valence-corrected chi connectivity index (χ3v) is 2.61. The number of Topliss-reactive ketones (excluding diaryl/α,β-unsaturated/α-hetero) is 1. The standard InChI is InChI=1S/C9H15NO2/c1-9(7-12-9)6-10-4-2-8(11)3-5-10/h2-7H2,1H3. The number of piperidine rings is 1. The molecule has 12 heavy (non-hydrogen) atoms. The lowest BCUT2D eigenvalue weighted by molar-refractivity contribution is -0.121. The summed E-state index contributed by atoms with van der Waals surface area (Å²) in [5, 5.41) is 0. The lowest BCUT2D eigenvalue weighted by Gasteiger charge is -2.27. The lowest BCUT2D eigenvalue weighted by Crippen LogP contribution is -2.39. The highest BCUT2D eigenvalue weighted by Crippen LogP contribution is 2.27. The zero-order valence-corrected chi connectivity index (χ0v) is 7.51. The second kappa shape index (κ2) is 2.82. The minimum atomic E-state index is 0.111. The normalized spacial score (nSPS) is 36.9. The van der Waals surface area contributed by atoms with E-state index >= 15 is 0 Å². The molecule has 1 unspecified atom stereocenters. The van der Waals surface area contributed by atoms with Gasteiger partial charge < -0.3 is 4.74 Å². The van der Waals surface area contributed by atoms with Crippen molar-refractivity contribution in [3.63, 3.8) is 0 Å². The fourth-order valence-electron chi connectivity index (χ4n) is 1.65. The van der Waals surface area contributed by atoms with Gasteiger partial charge in [0.15, 0.2) is 0 Å². The first-order valence-electron chi connectivity index (χ1n) is 4.56. The highest BCUT2D eigenvalue weighted by atomic mass is 16.6. The molecule has 0 radical (unpaired) electrons. The predicted molar refractivity (Wildman–Crippen MR) is 45.0 cm³/mol. The minimum Gasteiger partial charge on any atom is -0.369 e. The quantitative estimate of drug-likeness (QED) is 0.562. The van der Waals surface area contributed by atoms with Crippen molar-refractivity contribution in [3.8, 4) is 0 Å². The molecule has 2 heterocycles. The Kier molecular flexibility index (Phi) is 1.93. The predicted octanol–water partition coefficient (Wildman–Crippen LogP) is 0.440. The molecule has 2 aliphatic heterocycles. The van der Waals surface area contributed by atoms with E-state index in [1.165, 1.54) is 0 Å². The molecule has 0 saturated carbocycles. The topological polar surface area (TPSA) is 32.8 Å². The summed E-state index contributed by atoms with van der Waals surface area (Å²) >= 11 is 0. The van der Waals surface area contributed by atoms with Crippen LogP contribution in [0.2, 0.25) is 0 Å². The van der Waals surface area contributed by atoms with Gasteiger partial charge in [-0.05, 0) is 6.92 Å². The van der Waals surface area contributed by atoms with E-state index in [1.807, 2.05) is 0 Å². The van der Waals surface area contributed by atoms with Crippen molar-refractivity contribution in [2.75, 3.05) is 26.2 Å². The van der Waals surface area contributed by atoms with Gasteiger partial charge in [-0.2, -0.15) is 0 Å². The minimum absolute atomic E-state index is 0.111. The maximum Gasteiger partial charge on any atom is 0.135 e. The monoisotopic (exact) mass is 169 g/mol. The van der Waals surface area contributed by atoms with E-state index in [1.54, 1.807) is 0 Å². The summed E-state index contributed by atoms with van der Waals surface area (Å²) in [5.41, 5.74) is 0.111.